The lowest BCUT2D eigenvalue weighted by molar-refractivity contribution is -0.115. The number of amides is 1. The Morgan fingerprint density at radius 1 is 1.04 bits per heavy atom. The predicted molar refractivity (Wildman–Crippen MR) is 173 cm³/mol. The molecule has 5 rings (SSSR count). The zero-order valence-electron chi connectivity index (χ0n) is 25.2. The van der Waals surface area contributed by atoms with Crippen LogP contribution >= 0.6 is 11.6 Å². The van der Waals surface area contributed by atoms with E-state index in [-0.39, 0.29) is 31.3 Å². The third kappa shape index (κ3) is 8.71. The molecule has 1 N–H and O–H groups in total. The summed E-state index contributed by atoms with van der Waals surface area (Å²) in [4.78, 5) is 27.5. The van der Waals surface area contributed by atoms with Crippen molar-refractivity contribution in [1.29, 1.82) is 0 Å². The number of carbonyl (C=O) groups excluding carboxylic acids is 1. The smallest absolute Gasteiger partial charge is 0.428 e. The summed E-state index contributed by atoms with van der Waals surface area (Å²) in [5, 5.41) is 5.62. The standard InChI is InChI=1S/C32H31ClFN5O6S/c1-38(2)32(40)45-39(13-14-46(3,41)42)18-25-9-12-29(44-25)22-7-10-28-26(16-22)31(36-20-35-28)37-24-8-11-30(27(33)17-24)43-19-21-5-4-6-23(34)15-21/h4-12,15-17,20H,13-14,18-19H2,1-3H3,(H,35,36,37). The SMILES string of the molecule is CN(C)C(=O)ON(CCS(C)(=O)=O)Cc1ccc(-c2ccc3ncnc(Nc4ccc(OCc5cccc(F)c5)c(Cl)c4)c3c2)o1. The zero-order chi connectivity index (χ0) is 32.8. The molecule has 0 unspecified atom stereocenters. The number of nitrogens with one attached hydrogen (secondary N) is 1. The van der Waals surface area contributed by atoms with E-state index >= 15 is 0 Å². The van der Waals surface area contributed by atoms with Crippen LogP contribution in [0.2, 0.25) is 5.02 Å². The summed E-state index contributed by atoms with van der Waals surface area (Å²) >= 11 is 6.49. The van der Waals surface area contributed by atoms with Crippen molar-refractivity contribution in [3.8, 4) is 17.1 Å². The van der Waals surface area contributed by atoms with E-state index in [9.17, 15) is 17.6 Å². The fourth-order valence-corrected chi connectivity index (χ4v) is 5.11. The molecular formula is C32H31ClFN5O6S. The van der Waals surface area contributed by atoms with Gasteiger partial charge in [0, 0.05) is 43.5 Å². The van der Waals surface area contributed by atoms with E-state index < -0.39 is 15.9 Å². The van der Waals surface area contributed by atoms with Gasteiger partial charge in [0.2, 0.25) is 0 Å². The molecule has 2 aromatic heterocycles. The van der Waals surface area contributed by atoms with Crippen molar-refractivity contribution in [2.24, 2.45) is 0 Å². The van der Waals surface area contributed by atoms with Gasteiger partial charge in [0.25, 0.3) is 0 Å². The molecule has 11 nitrogen and oxygen atoms in total. The molecule has 0 aliphatic rings. The summed E-state index contributed by atoms with van der Waals surface area (Å²) in [5.41, 5.74) is 2.78. The van der Waals surface area contributed by atoms with Crippen LogP contribution in [0.15, 0.2) is 83.5 Å². The van der Waals surface area contributed by atoms with Crippen LogP contribution in [0.3, 0.4) is 0 Å². The lowest BCUT2D eigenvalue weighted by atomic mass is 10.1. The average Bonchev–Trinajstić information content (AvgIpc) is 3.47. The minimum atomic E-state index is -3.29. The number of hydrogen-bond donors (Lipinski definition) is 1. The van der Waals surface area contributed by atoms with Crippen LogP contribution in [0.1, 0.15) is 11.3 Å². The third-order valence-electron chi connectivity index (χ3n) is 6.68. The maximum absolute atomic E-state index is 13.5. The van der Waals surface area contributed by atoms with Gasteiger partial charge in [-0.15, -0.1) is 5.06 Å². The average molecular weight is 668 g/mol. The molecule has 0 saturated heterocycles. The van der Waals surface area contributed by atoms with Gasteiger partial charge in [0.15, 0.2) is 0 Å². The summed E-state index contributed by atoms with van der Waals surface area (Å²) in [6.45, 7) is 0.181. The number of furan rings is 1. The number of halogens is 2. The number of sulfone groups is 1. The number of rotatable bonds is 12. The zero-order valence-corrected chi connectivity index (χ0v) is 26.8. The Morgan fingerprint density at radius 3 is 2.61 bits per heavy atom. The molecule has 2 heterocycles. The molecule has 0 atom stereocenters. The van der Waals surface area contributed by atoms with E-state index in [4.69, 9.17) is 25.6 Å². The number of hydrogen-bond acceptors (Lipinski definition) is 10. The van der Waals surface area contributed by atoms with E-state index in [1.54, 1.807) is 42.5 Å². The van der Waals surface area contributed by atoms with Crippen LogP contribution in [-0.4, -0.2) is 67.1 Å². The van der Waals surface area contributed by atoms with Crippen LogP contribution in [-0.2, 0) is 27.8 Å². The molecule has 5 aromatic rings. The molecule has 0 bridgehead atoms. The predicted octanol–water partition coefficient (Wildman–Crippen LogP) is 6.46. The third-order valence-corrected chi connectivity index (χ3v) is 7.90. The molecule has 0 saturated carbocycles. The van der Waals surface area contributed by atoms with E-state index in [1.807, 2.05) is 18.2 Å². The highest BCUT2D eigenvalue weighted by atomic mass is 35.5. The molecule has 240 valence electrons. The number of hydroxylamine groups is 2. The first-order valence-electron chi connectivity index (χ1n) is 14.0. The maximum atomic E-state index is 13.5. The second-order valence-corrected chi connectivity index (χ2v) is 13.3. The van der Waals surface area contributed by atoms with Gasteiger partial charge in [-0.3, -0.25) is 0 Å². The van der Waals surface area contributed by atoms with Gasteiger partial charge in [-0.25, -0.2) is 27.6 Å². The van der Waals surface area contributed by atoms with Crippen LogP contribution in [0.25, 0.3) is 22.2 Å². The summed E-state index contributed by atoms with van der Waals surface area (Å²) in [7, 11) is -0.228. The summed E-state index contributed by atoms with van der Waals surface area (Å²) < 4.78 is 48.8. The molecular weight excluding hydrogens is 637 g/mol. The fraction of sp³-hybridized carbons (Fsp3) is 0.219. The van der Waals surface area contributed by atoms with Gasteiger partial charge >= 0.3 is 6.09 Å². The fourth-order valence-electron chi connectivity index (χ4n) is 4.34. The van der Waals surface area contributed by atoms with Crippen molar-refractivity contribution in [2.45, 2.75) is 13.2 Å². The molecule has 0 aliphatic carbocycles. The van der Waals surface area contributed by atoms with Crippen molar-refractivity contribution in [3.05, 3.63) is 101 Å². The molecule has 0 radical (unpaired) electrons. The van der Waals surface area contributed by atoms with E-state index in [2.05, 4.69) is 15.3 Å². The van der Waals surface area contributed by atoms with Crippen molar-refractivity contribution >= 4 is 49.9 Å². The van der Waals surface area contributed by atoms with Gasteiger partial charge in [0.1, 0.15) is 51.7 Å². The van der Waals surface area contributed by atoms with Gasteiger partial charge in [-0.1, -0.05) is 23.7 Å². The monoisotopic (exact) mass is 667 g/mol. The molecule has 14 heteroatoms. The Bertz CT molecular complexity index is 1970. The van der Waals surface area contributed by atoms with E-state index in [0.29, 0.717) is 44.9 Å². The van der Waals surface area contributed by atoms with Crippen molar-refractivity contribution in [3.63, 3.8) is 0 Å². The van der Waals surface area contributed by atoms with E-state index in [0.717, 1.165) is 17.2 Å². The minimum absolute atomic E-state index is 0.0269. The Morgan fingerprint density at radius 2 is 1.87 bits per heavy atom. The minimum Gasteiger partial charge on any atom is -0.487 e. The van der Waals surface area contributed by atoms with Crippen molar-refractivity contribution < 1.29 is 31.6 Å². The Hall–Kier alpha value is -4.72. The summed E-state index contributed by atoms with van der Waals surface area (Å²) in [6.07, 6.45) is 1.93. The molecule has 3 aromatic carbocycles. The quantitative estimate of drug-likeness (QED) is 0.148. The van der Waals surface area contributed by atoms with E-state index in [1.165, 1.54) is 42.5 Å². The second-order valence-electron chi connectivity index (χ2n) is 10.7. The number of benzene rings is 3. The summed E-state index contributed by atoms with van der Waals surface area (Å²) in [5.74, 6) is 1.45. The number of ether oxygens (including phenoxy) is 1. The lowest BCUT2D eigenvalue weighted by Gasteiger charge is -2.21. The van der Waals surface area contributed by atoms with Gasteiger partial charge < -0.3 is 24.2 Å². The molecule has 46 heavy (non-hydrogen) atoms. The number of anilines is 2. The second kappa shape index (κ2) is 14.1. The van der Waals surface area contributed by atoms with Crippen LogP contribution in [0.4, 0.5) is 20.7 Å². The first kappa shape index (κ1) is 32.7. The number of aromatic nitrogens is 2. The van der Waals surface area contributed by atoms with Crippen molar-refractivity contribution in [1.82, 2.24) is 19.9 Å². The van der Waals surface area contributed by atoms with Gasteiger partial charge in [0.05, 0.1) is 22.8 Å². The highest BCUT2D eigenvalue weighted by Crippen LogP contribution is 2.33. The molecule has 0 spiro atoms. The normalized spacial score (nSPS) is 11.5. The summed E-state index contributed by atoms with van der Waals surface area (Å²) in [6, 6.07) is 20.5. The van der Waals surface area contributed by atoms with Crippen LogP contribution in [0.5, 0.6) is 5.75 Å². The first-order chi connectivity index (χ1) is 21.9. The molecule has 1 amide bonds. The Balaban J connectivity index is 1.32. The highest BCUT2D eigenvalue weighted by Gasteiger charge is 2.19. The number of carbonyl (C=O) groups is 1. The van der Waals surface area contributed by atoms with Gasteiger partial charge in [-0.05, 0) is 66.2 Å². The Labute approximate surface area is 270 Å². The topological polar surface area (TPSA) is 127 Å². The van der Waals surface area contributed by atoms with Crippen LogP contribution in [0, 0.1) is 5.82 Å². The van der Waals surface area contributed by atoms with Crippen molar-refractivity contribution in [2.75, 3.05) is 38.0 Å². The largest absolute Gasteiger partial charge is 0.487 e. The number of fused-ring (bicyclic) bond motifs is 1. The van der Waals surface area contributed by atoms with Gasteiger partial charge in [-0.2, -0.15) is 0 Å². The maximum Gasteiger partial charge on any atom is 0.428 e. The van der Waals surface area contributed by atoms with Crippen LogP contribution < -0.4 is 10.1 Å². The highest BCUT2D eigenvalue weighted by molar-refractivity contribution is 7.90. The number of nitrogens with zero attached hydrogens (tertiary/aromatic N) is 4. The first-order valence-corrected chi connectivity index (χ1v) is 16.5. The lowest BCUT2D eigenvalue weighted by Crippen LogP contribution is -2.35. The Kier molecular flexibility index (Phi) is 10.0. The molecule has 0 aliphatic heterocycles. The molecule has 0 fully saturated rings.